The van der Waals surface area contributed by atoms with Crippen molar-refractivity contribution in [1.29, 1.82) is 0 Å². The number of nitrogens with one attached hydrogen (secondary N) is 1. The molecule has 0 radical (unpaired) electrons. The van der Waals surface area contributed by atoms with Gasteiger partial charge < -0.3 is 10.4 Å². The van der Waals surface area contributed by atoms with E-state index < -0.39 is 0 Å². The molecule has 0 aromatic heterocycles. The minimum atomic E-state index is -0.323. The van der Waals surface area contributed by atoms with Gasteiger partial charge in [-0.2, -0.15) is 0 Å². The fourth-order valence-electron chi connectivity index (χ4n) is 3.11. The summed E-state index contributed by atoms with van der Waals surface area (Å²) in [5.74, 6) is 0.195. The lowest BCUT2D eigenvalue weighted by molar-refractivity contribution is 0.168. The maximum absolute atomic E-state index is 14.1. The molecule has 2 N–H and O–H groups in total. The maximum atomic E-state index is 14.1. The number of hydrogen-bond donors (Lipinski definition) is 2. The third-order valence-corrected chi connectivity index (χ3v) is 4.20. The quantitative estimate of drug-likeness (QED) is 0.845. The normalized spacial score (nSPS) is 20.4. The zero-order chi connectivity index (χ0) is 15.4. The minimum Gasteiger partial charge on any atom is -0.508 e. The molecule has 1 aliphatic rings. The number of aromatic hydroxyl groups is 1. The molecule has 2 rings (SSSR count). The van der Waals surface area contributed by atoms with Crippen molar-refractivity contribution in [3.05, 3.63) is 29.6 Å². The van der Waals surface area contributed by atoms with Gasteiger partial charge in [-0.05, 0) is 38.3 Å². The van der Waals surface area contributed by atoms with Crippen LogP contribution in [0.4, 0.5) is 4.39 Å². The highest BCUT2D eigenvalue weighted by atomic mass is 19.1. The molecule has 3 nitrogen and oxygen atoms in total. The average Bonchev–Trinajstić information content (AvgIpc) is 2.89. The predicted octanol–water partition coefficient (Wildman–Crippen LogP) is 3.30. The molecule has 1 heterocycles. The second-order valence-electron chi connectivity index (χ2n) is 6.52. The van der Waals surface area contributed by atoms with E-state index in [-0.39, 0.29) is 17.6 Å². The lowest BCUT2D eigenvalue weighted by Gasteiger charge is -2.33. The molecule has 2 atom stereocenters. The van der Waals surface area contributed by atoms with Gasteiger partial charge in [-0.1, -0.05) is 19.9 Å². The topological polar surface area (TPSA) is 35.5 Å². The van der Waals surface area contributed by atoms with Gasteiger partial charge in [-0.25, -0.2) is 4.39 Å². The zero-order valence-corrected chi connectivity index (χ0v) is 13.3. The molecule has 1 fully saturated rings. The van der Waals surface area contributed by atoms with Crippen LogP contribution in [-0.2, 0) is 0 Å². The van der Waals surface area contributed by atoms with E-state index in [0.29, 0.717) is 17.5 Å². The molecule has 1 saturated heterocycles. The van der Waals surface area contributed by atoms with Gasteiger partial charge in [0.15, 0.2) is 0 Å². The Morgan fingerprint density at radius 1 is 1.38 bits per heavy atom. The van der Waals surface area contributed by atoms with Crippen molar-refractivity contribution in [3.63, 3.8) is 0 Å². The lowest BCUT2D eigenvalue weighted by Crippen LogP contribution is -2.40. The molecule has 2 unspecified atom stereocenters. The number of phenolic OH excluding ortho intramolecular Hbond substituents is 1. The third kappa shape index (κ3) is 4.42. The summed E-state index contributed by atoms with van der Waals surface area (Å²) in [5.41, 5.74) is 0.659. The van der Waals surface area contributed by atoms with Gasteiger partial charge in [-0.15, -0.1) is 0 Å². The van der Waals surface area contributed by atoms with Crippen LogP contribution in [0.5, 0.6) is 5.75 Å². The van der Waals surface area contributed by atoms with E-state index in [1.54, 1.807) is 12.1 Å². The molecular weight excluding hydrogens is 267 g/mol. The molecule has 1 aromatic carbocycles. The van der Waals surface area contributed by atoms with Crippen molar-refractivity contribution in [1.82, 2.24) is 10.2 Å². The Morgan fingerprint density at radius 2 is 2.14 bits per heavy atom. The monoisotopic (exact) mass is 294 g/mol. The van der Waals surface area contributed by atoms with Crippen molar-refractivity contribution in [3.8, 4) is 5.75 Å². The molecule has 4 heteroatoms. The van der Waals surface area contributed by atoms with E-state index in [1.165, 1.54) is 18.9 Å². The van der Waals surface area contributed by atoms with Crippen LogP contribution in [0.2, 0.25) is 0 Å². The van der Waals surface area contributed by atoms with E-state index in [2.05, 4.69) is 24.1 Å². The van der Waals surface area contributed by atoms with Gasteiger partial charge in [0.1, 0.15) is 11.6 Å². The molecule has 1 aromatic rings. The van der Waals surface area contributed by atoms with E-state index in [1.807, 2.05) is 6.92 Å². The van der Waals surface area contributed by atoms with Gasteiger partial charge in [0, 0.05) is 36.8 Å². The fourth-order valence-corrected chi connectivity index (χ4v) is 3.11. The molecule has 0 spiro atoms. The summed E-state index contributed by atoms with van der Waals surface area (Å²) in [6.45, 7) is 9.40. The molecule has 0 amide bonds. The minimum absolute atomic E-state index is 0.00963. The Balaban J connectivity index is 2.13. The molecule has 118 valence electrons. The Morgan fingerprint density at radius 3 is 2.71 bits per heavy atom. The van der Waals surface area contributed by atoms with Crippen molar-refractivity contribution in [2.24, 2.45) is 5.92 Å². The van der Waals surface area contributed by atoms with Crippen LogP contribution in [0.1, 0.15) is 45.2 Å². The van der Waals surface area contributed by atoms with Gasteiger partial charge in [0.05, 0.1) is 0 Å². The van der Waals surface area contributed by atoms with Crippen LogP contribution >= 0.6 is 0 Å². The van der Waals surface area contributed by atoms with Crippen molar-refractivity contribution < 1.29 is 9.50 Å². The van der Waals surface area contributed by atoms with Crippen molar-refractivity contribution in [2.75, 3.05) is 19.6 Å². The first-order valence-electron chi connectivity index (χ1n) is 7.93. The van der Waals surface area contributed by atoms with E-state index in [9.17, 15) is 9.50 Å². The van der Waals surface area contributed by atoms with Crippen LogP contribution < -0.4 is 5.32 Å². The lowest BCUT2D eigenvalue weighted by atomic mass is 10.0. The van der Waals surface area contributed by atoms with E-state index in [4.69, 9.17) is 0 Å². The second kappa shape index (κ2) is 7.23. The summed E-state index contributed by atoms with van der Waals surface area (Å²) in [7, 11) is 0. The Labute approximate surface area is 127 Å². The van der Waals surface area contributed by atoms with Crippen LogP contribution in [-0.4, -0.2) is 35.7 Å². The summed E-state index contributed by atoms with van der Waals surface area (Å²) in [6.07, 6.45) is 2.42. The SMILES string of the molecule is CC(C)CN(CC1CCCN1)C(C)c1ccc(O)cc1F. The summed E-state index contributed by atoms with van der Waals surface area (Å²) < 4.78 is 14.1. The summed E-state index contributed by atoms with van der Waals surface area (Å²) >= 11 is 0. The first-order chi connectivity index (χ1) is 9.97. The second-order valence-corrected chi connectivity index (χ2v) is 6.52. The molecule has 0 aliphatic carbocycles. The largest absolute Gasteiger partial charge is 0.508 e. The molecule has 21 heavy (non-hydrogen) atoms. The first-order valence-corrected chi connectivity index (χ1v) is 7.93. The standard InChI is InChI=1S/C17H27FN2O/c1-12(2)10-20(11-14-5-4-8-19-14)13(3)16-7-6-15(21)9-17(16)18/h6-7,9,12-14,19,21H,4-5,8,10-11H2,1-3H3. The third-order valence-electron chi connectivity index (χ3n) is 4.20. The van der Waals surface area contributed by atoms with Crippen LogP contribution in [0.3, 0.4) is 0 Å². The maximum Gasteiger partial charge on any atom is 0.131 e. The van der Waals surface area contributed by atoms with Crippen molar-refractivity contribution in [2.45, 2.75) is 45.7 Å². The van der Waals surface area contributed by atoms with Crippen LogP contribution in [0.25, 0.3) is 0 Å². The Kier molecular flexibility index (Phi) is 5.59. The fraction of sp³-hybridized carbons (Fsp3) is 0.647. The Hall–Kier alpha value is -1.13. The molecule has 0 bridgehead atoms. The van der Waals surface area contributed by atoms with Crippen LogP contribution in [0.15, 0.2) is 18.2 Å². The molecule has 1 aliphatic heterocycles. The molecule has 0 saturated carbocycles. The summed E-state index contributed by atoms with van der Waals surface area (Å²) in [6, 6.07) is 4.98. The number of hydrogen-bond acceptors (Lipinski definition) is 3. The number of benzene rings is 1. The van der Waals surface area contributed by atoms with Gasteiger partial charge in [0.25, 0.3) is 0 Å². The highest BCUT2D eigenvalue weighted by Crippen LogP contribution is 2.27. The number of phenols is 1. The van der Waals surface area contributed by atoms with Gasteiger partial charge >= 0.3 is 0 Å². The highest BCUT2D eigenvalue weighted by Gasteiger charge is 2.24. The molecular formula is C17H27FN2O. The smallest absolute Gasteiger partial charge is 0.131 e. The van der Waals surface area contributed by atoms with E-state index in [0.717, 1.165) is 19.6 Å². The first kappa shape index (κ1) is 16.2. The number of rotatable bonds is 6. The summed E-state index contributed by atoms with van der Waals surface area (Å²) in [4.78, 5) is 2.35. The highest BCUT2D eigenvalue weighted by molar-refractivity contribution is 5.29. The predicted molar refractivity (Wildman–Crippen MR) is 83.9 cm³/mol. The average molecular weight is 294 g/mol. The number of nitrogens with zero attached hydrogens (tertiary/aromatic N) is 1. The van der Waals surface area contributed by atoms with Crippen molar-refractivity contribution >= 4 is 0 Å². The Bertz CT molecular complexity index is 458. The van der Waals surface area contributed by atoms with E-state index >= 15 is 0 Å². The van der Waals surface area contributed by atoms with Crippen LogP contribution in [0, 0.1) is 11.7 Å². The van der Waals surface area contributed by atoms with Gasteiger partial charge in [-0.3, -0.25) is 4.90 Å². The zero-order valence-electron chi connectivity index (χ0n) is 13.3. The van der Waals surface area contributed by atoms with Gasteiger partial charge in [0.2, 0.25) is 0 Å². The summed E-state index contributed by atoms with van der Waals surface area (Å²) in [5, 5.41) is 12.9. The number of halogens is 1.